The first-order valence-electron chi connectivity index (χ1n) is 9.36. The predicted molar refractivity (Wildman–Crippen MR) is 113 cm³/mol. The quantitative estimate of drug-likeness (QED) is 0.656. The van der Waals surface area contributed by atoms with Gasteiger partial charge in [0.25, 0.3) is 10.0 Å². The monoisotopic (exact) mass is 425 g/mol. The molecular formula is C22H20FN3O3S. The first-order chi connectivity index (χ1) is 14.3. The van der Waals surface area contributed by atoms with Crippen molar-refractivity contribution in [3.05, 3.63) is 89.2 Å². The SMILES string of the molecule is Cc1cccc(S(=O)(=O)N2NCc3ccc(NC(=O)Cc4ccc(F)cc4)cc32)c1. The van der Waals surface area contributed by atoms with Crippen LogP contribution in [0, 0.1) is 12.7 Å². The highest BCUT2D eigenvalue weighted by Crippen LogP contribution is 2.32. The van der Waals surface area contributed by atoms with E-state index in [2.05, 4.69) is 10.7 Å². The van der Waals surface area contributed by atoms with E-state index in [-0.39, 0.29) is 23.0 Å². The van der Waals surface area contributed by atoms with Crippen molar-refractivity contribution in [1.29, 1.82) is 0 Å². The fourth-order valence-corrected chi connectivity index (χ4v) is 4.77. The number of nitrogens with zero attached hydrogens (tertiary/aromatic N) is 1. The molecule has 1 aliphatic rings. The Morgan fingerprint density at radius 2 is 1.87 bits per heavy atom. The molecule has 0 atom stereocenters. The highest BCUT2D eigenvalue weighted by molar-refractivity contribution is 7.92. The molecule has 0 aliphatic carbocycles. The lowest BCUT2D eigenvalue weighted by Crippen LogP contribution is -2.38. The first-order valence-corrected chi connectivity index (χ1v) is 10.8. The third kappa shape index (κ3) is 4.05. The summed E-state index contributed by atoms with van der Waals surface area (Å²) in [6.07, 6.45) is 0.0842. The lowest BCUT2D eigenvalue weighted by atomic mass is 10.1. The van der Waals surface area contributed by atoms with Gasteiger partial charge in [0.2, 0.25) is 5.91 Å². The summed E-state index contributed by atoms with van der Waals surface area (Å²) in [7, 11) is -3.80. The van der Waals surface area contributed by atoms with E-state index in [0.717, 1.165) is 15.5 Å². The maximum Gasteiger partial charge on any atom is 0.277 e. The molecule has 0 aromatic heterocycles. The number of amides is 1. The second kappa shape index (κ2) is 7.89. The fourth-order valence-electron chi connectivity index (χ4n) is 3.31. The third-order valence-corrected chi connectivity index (χ3v) is 6.46. The molecule has 8 heteroatoms. The zero-order chi connectivity index (χ0) is 21.3. The Labute approximate surface area is 174 Å². The number of hydrogen-bond acceptors (Lipinski definition) is 4. The zero-order valence-corrected chi connectivity index (χ0v) is 17.0. The summed E-state index contributed by atoms with van der Waals surface area (Å²) >= 11 is 0. The molecule has 1 aliphatic heterocycles. The van der Waals surface area contributed by atoms with Crippen LogP contribution in [0.25, 0.3) is 0 Å². The van der Waals surface area contributed by atoms with E-state index in [4.69, 9.17) is 0 Å². The minimum atomic E-state index is -3.80. The number of carbonyl (C=O) groups excluding carboxylic acids is 1. The van der Waals surface area contributed by atoms with E-state index >= 15 is 0 Å². The molecule has 1 amide bonds. The van der Waals surface area contributed by atoms with Gasteiger partial charge in [0.1, 0.15) is 5.82 Å². The van der Waals surface area contributed by atoms with Crippen molar-refractivity contribution in [3.63, 3.8) is 0 Å². The number of hydrogen-bond donors (Lipinski definition) is 2. The van der Waals surface area contributed by atoms with Gasteiger partial charge >= 0.3 is 0 Å². The van der Waals surface area contributed by atoms with Crippen molar-refractivity contribution in [2.45, 2.75) is 24.8 Å². The number of rotatable bonds is 5. The Morgan fingerprint density at radius 1 is 1.10 bits per heavy atom. The first kappa shape index (κ1) is 20.1. The smallest absolute Gasteiger partial charge is 0.277 e. The Balaban J connectivity index is 1.55. The van der Waals surface area contributed by atoms with E-state index in [1.165, 1.54) is 12.1 Å². The summed E-state index contributed by atoms with van der Waals surface area (Å²) in [5.41, 5.74) is 6.19. The fraction of sp³-hybridized carbons (Fsp3) is 0.136. The highest BCUT2D eigenvalue weighted by Gasteiger charge is 2.31. The van der Waals surface area contributed by atoms with Gasteiger partial charge in [-0.1, -0.05) is 30.3 Å². The Morgan fingerprint density at radius 3 is 2.60 bits per heavy atom. The number of benzene rings is 3. The molecule has 0 fully saturated rings. The minimum absolute atomic E-state index is 0.0842. The van der Waals surface area contributed by atoms with Gasteiger partial charge in [-0.15, -0.1) is 0 Å². The molecule has 0 saturated carbocycles. The average molecular weight is 425 g/mol. The number of hydrazine groups is 1. The molecule has 0 saturated heterocycles. The largest absolute Gasteiger partial charge is 0.326 e. The average Bonchev–Trinajstić information content (AvgIpc) is 3.14. The highest BCUT2D eigenvalue weighted by atomic mass is 32.2. The Kier molecular flexibility index (Phi) is 5.27. The molecule has 154 valence electrons. The van der Waals surface area contributed by atoms with Crippen LogP contribution in [0.2, 0.25) is 0 Å². The third-order valence-electron chi connectivity index (χ3n) is 4.81. The standard InChI is InChI=1S/C22H20FN3O3S/c1-15-3-2-4-20(11-15)30(28,29)26-21-13-19(10-7-17(21)14-24-26)25-22(27)12-16-5-8-18(23)9-6-16/h2-11,13,24H,12,14H2,1H3,(H,25,27). The predicted octanol–water partition coefficient (Wildman–Crippen LogP) is 3.53. The van der Waals surface area contributed by atoms with Gasteiger partial charge in [-0.05, 0) is 60.0 Å². The van der Waals surface area contributed by atoms with Crippen molar-refractivity contribution < 1.29 is 17.6 Å². The summed E-state index contributed by atoms with van der Waals surface area (Å²) in [5, 5.41) is 2.77. The Hall–Kier alpha value is -3.23. The summed E-state index contributed by atoms with van der Waals surface area (Å²) in [6.45, 7) is 2.20. The molecular weight excluding hydrogens is 405 g/mol. The van der Waals surface area contributed by atoms with Crippen LogP contribution in [0.4, 0.5) is 15.8 Å². The molecule has 4 rings (SSSR count). The van der Waals surface area contributed by atoms with Crippen LogP contribution in [0.1, 0.15) is 16.7 Å². The number of nitrogens with one attached hydrogen (secondary N) is 2. The van der Waals surface area contributed by atoms with E-state index < -0.39 is 10.0 Å². The van der Waals surface area contributed by atoms with Gasteiger partial charge < -0.3 is 5.32 Å². The van der Waals surface area contributed by atoms with Crippen molar-refractivity contribution >= 4 is 27.3 Å². The molecule has 3 aromatic carbocycles. The van der Waals surface area contributed by atoms with Crippen LogP contribution in [-0.2, 0) is 27.8 Å². The normalized spacial score (nSPS) is 13.2. The molecule has 0 radical (unpaired) electrons. The van der Waals surface area contributed by atoms with Gasteiger partial charge in [0.15, 0.2) is 0 Å². The topological polar surface area (TPSA) is 78.5 Å². The van der Waals surface area contributed by atoms with Crippen LogP contribution in [0.5, 0.6) is 0 Å². The number of anilines is 2. The summed E-state index contributed by atoms with van der Waals surface area (Å²) < 4.78 is 40.4. The summed E-state index contributed by atoms with van der Waals surface area (Å²) in [6, 6.07) is 17.5. The number of halogens is 1. The maximum atomic E-state index is 13.1. The summed E-state index contributed by atoms with van der Waals surface area (Å²) in [5.74, 6) is -0.638. The lowest BCUT2D eigenvalue weighted by Gasteiger charge is -2.20. The van der Waals surface area contributed by atoms with Crippen LogP contribution < -0.4 is 15.2 Å². The Bertz CT molecular complexity index is 1210. The van der Waals surface area contributed by atoms with Crippen LogP contribution in [0.3, 0.4) is 0 Å². The van der Waals surface area contributed by atoms with Crippen LogP contribution >= 0.6 is 0 Å². The van der Waals surface area contributed by atoms with Gasteiger partial charge in [-0.2, -0.15) is 12.8 Å². The van der Waals surface area contributed by atoms with Crippen molar-refractivity contribution in [3.8, 4) is 0 Å². The van der Waals surface area contributed by atoms with E-state index in [0.29, 0.717) is 23.5 Å². The number of aryl methyl sites for hydroxylation is 1. The lowest BCUT2D eigenvalue weighted by molar-refractivity contribution is -0.115. The zero-order valence-electron chi connectivity index (χ0n) is 16.2. The second-order valence-electron chi connectivity index (χ2n) is 7.12. The second-order valence-corrected chi connectivity index (χ2v) is 8.90. The molecule has 0 spiro atoms. The maximum absolute atomic E-state index is 13.1. The molecule has 3 aromatic rings. The molecule has 0 bridgehead atoms. The minimum Gasteiger partial charge on any atom is -0.326 e. The van der Waals surface area contributed by atoms with E-state index in [9.17, 15) is 17.6 Å². The van der Waals surface area contributed by atoms with Crippen molar-refractivity contribution in [2.24, 2.45) is 0 Å². The molecule has 2 N–H and O–H groups in total. The van der Waals surface area contributed by atoms with Gasteiger partial charge in [-0.25, -0.2) is 9.82 Å². The van der Waals surface area contributed by atoms with Crippen LogP contribution in [0.15, 0.2) is 71.6 Å². The number of sulfonamides is 1. The summed E-state index contributed by atoms with van der Waals surface area (Å²) in [4.78, 5) is 12.5. The molecule has 0 unspecified atom stereocenters. The van der Waals surface area contributed by atoms with Gasteiger partial charge in [0, 0.05) is 12.2 Å². The van der Waals surface area contributed by atoms with E-state index in [1.54, 1.807) is 48.5 Å². The van der Waals surface area contributed by atoms with Gasteiger partial charge in [-0.3, -0.25) is 4.79 Å². The van der Waals surface area contributed by atoms with Crippen molar-refractivity contribution in [1.82, 2.24) is 5.43 Å². The molecule has 1 heterocycles. The molecule has 6 nitrogen and oxygen atoms in total. The van der Waals surface area contributed by atoms with Crippen LogP contribution in [-0.4, -0.2) is 14.3 Å². The van der Waals surface area contributed by atoms with E-state index in [1.807, 2.05) is 13.0 Å². The number of carbonyl (C=O) groups is 1. The van der Waals surface area contributed by atoms with Gasteiger partial charge in [0.05, 0.1) is 17.0 Å². The molecule has 30 heavy (non-hydrogen) atoms. The number of fused-ring (bicyclic) bond motifs is 1. The van der Waals surface area contributed by atoms with Crippen molar-refractivity contribution in [2.75, 3.05) is 9.73 Å².